The molecule has 4 rings (SSSR count). The first-order valence-electron chi connectivity index (χ1n) is 12.9. The Morgan fingerprint density at radius 1 is 1.17 bits per heavy atom. The molecule has 2 amide bonds. The Morgan fingerprint density at radius 3 is 2.63 bits per heavy atom. The van der Waals surface area contributed by atoms with Crippen molar-refractivity contribution in [2.24, 2.45) is 5.41 Å². The third kappa shape index (κ3) is 6.49. The first-order chi connectivity index (χ1) is 16.7. The van der Waals surface area contributed by atoms with Crippen LogP contribution in [0.2, 0.25) is 0 Å². The van der Waals surface area contributed by atoms with E-state index in [1.807, 2.05) is 31.2 Å². The summed E-state index contributed by atoms with van der Waals surface area (Å²) < 4.78 is 5.70. The lowest BCUT2D eigenvalue weighted by Crippen LogP contribution is -2.45. The van der Waals surface area contributed by atoms with Crippen molar-refractivity contribution in [2.45, 2.75) is 60.0 Å². The van der Waals surface area contributed by atoms with Gasteiger partial charge in [-0.2, -0.15) is 0 Å². The van der Waals surface area contributed by atoms with Crippen molar-refractivity contribution in [3.8, 4) is 11.4 Å². The van der Waals surface area contributed by atoms with Crippen LogP contribution in [0.5, 0.6) is 0 Å². The van der Waals surface area contributed by atoms with Gasteiger partial charge < -0.3 is 20.3 Å². The van der Waals surface area contributed by atoms with Gasteiger partial charge in [0.2, 0.25) is 0 Å². The van der Waals surface area contributed by atoms with Crippen LogP contribution in [0.25, 0.3) is 11.4 Å². The number of hydrogen-bond donors (Lipinski definition) is 2. The van der Waals surface area contributed by atoms with E-state index in [9.17, 15) is 4.79 Å². The van der Waals surface area contributed by atoms with Crippen molar-refractivity contribution in [3.05, 3.63) is 35.5 Å². The highest BCUT2D eigenvalue weighted by molar-refractivity contribution is 5.89. The molecular weight excluding hydrogens is 440 g/mol. The van der Waals surface area contributed by atoms with Crippen LogP contribution in [0.3, 0.4) is 0 Å². The van der Waals surface area contributed by atoms with Crippen molar-refractivity contribution in [3.63, 3.8) is 0 Å². The van der Waals surface area contributed by atoms with Crippen LogP contribution in [-0.4, -0.2) is 66.3 Å². The lowest BCUT2D eigenvalue weighted by Gasteiger charge is -2.38. The van der Waals surface area contributed by atoms with E-state index < -0.39 is 0 Å². The lowest BCUT2D eigenvalue weighted by molar-refractivity contribution is 0.0983. The molecule has 190 valence electrons. The molecular formula is C27H40N6O2. The van der Waals surface area contributed by atoms with E-state index in [0.717, 1.165) is 74.2 Å². The molecule has 3 heterocycles. The number of hydrogen-bond acceptors (Lipinski definition) is 6. The molecule has 1 saturated heterocycles. The van der Waals surface area contributed by atoms with E-state index in [-0.39, 0.29) is 12.1 Å². The number of amides is 2. The van der Waals surface area contributed by atoms with Crippen LogP contribution >= 0.6 is 0 Å². The Labute approximate surface area is 209 Å². The third-order valence-corrected chi connectivity index (χ3v) is 6.68. The van der Waals surface area contributed by atoms with E-state index in [0.29, 0.717) is 18.6 Å². The van der Waals surface area contributed by atoms with Gasteiger partial charge in [-0.3, -0.25) is 4.90 Å². The summed E-state index contributed by atoms with van der Waals surface area (Å²) in [4.78, 5) is 26.9. The van der Waals surface area contributed by atoms with Crippen molar-refractivity contribution >= 4 is 17.5 Å². The number of fused-ring (bicyclic) bond motifs is 1. The molecule has 1 aromatic heterocycles. The molecule has 2 N–H and O–H groups in total. The minimum atomic E-state index is -0.204. The smallest absolute Gasteiger partial charge is 0.319 e. The molecule has 0 aliphatic carbocycles. The highest BCUT2D eigenvalue weighted by atomic mass is 16.5. The second kappa shape index (κ2) is 10.9. The molecule has 0 bridgehead atoms. The maximum atomic E-state index is 11.9. The number of ether oxygens (including phenoxy) is 1. The van der Waals surface area contributed by atoms with Crippen LogP contribution in [0.15, 0.2) is 24.3 Å². The molecule has 2 aromatic rings. The van der Waals surface area contributed by atoms with Gasteiger partial charge in [0.05, 0.1) is 24.9 Å². The molecule has 0 unspecified atom stereocenters. The average molecular weight is 481 g/mol. The molecule has 1 aromatic carbocycles. The number of urea groups is 1. The third-order valence-electron chi connectivity index (χ3n) is 6.68. The highest BCUT2D eigenvalue weighted by Crippen LogP contribution is 2.32. The standard InChI is InChI=1S/C27H40N6O2/c1-6-28-26(34)29-21-9-7-20(8-10-21)24-30-23-17-32(14-12-27(3,4)5)13-11-22(23)25(31-24)33-15-16-35-18-19(33)2/h7-10,19H,6,11-18H2,1-5H3,(H2,28,29,34)/t19-/m0/s1. The van der Waals surface area contributed by atoms with Crippen LogP contribution in [0.1, 0.15) is 52.3 Å². The maximum Gasteiger partial charge on any atom is 0.319 e. The summed E-state index contributed by atoms with van der Waals surface area (Å²) in [6, 6.07) is 7.84. The molecule has 35 heavy (non-hydrogen) atoms. The summed E-state index contributed by atoms with van der Waals surface area (Å²) in [7, 11) is 0. The van der Waals surface area contributed by atoms with Gasteiger partial charge in [0.25, 0.3) is 0 Å². The minimum Gasteiger partial charge on any atom is -0.377 e. The van der Waals surface area contributed by atoms with Gasteiger partial charge in [0, 0.05) is 43.0 Å². The quantitative estimate of drug-likeness (QED) is 0.641. The molecule has 1 atom stereocenters. The number of morpholine rings is 1. The summed E-state index contributed by atoms with van der Waals surface area (Å²) in [5.41, 5.74) is 4.42. The molecule has 0 saturated carbocycles. The van der Waals surface area contributed by atoms with Crippen LogP contribution in [-0.2, 0) is 17.7 Å². The van der Waals surface area contributed by atoms with Gasteiger partial charge in [-0.15, -0.1) is 0 Å². The SMILES string of the molecule is CCNC(=O)Nc1ccc(-c2nc3c(c(N4CCOC[C@@H]4C)n2)CCN(CCC(C)(C)C)C3)cc1. The molecule has 8 nitrogen and oxygen atoms in total. The van der Waals surface area contributed by atoms with Crippen molar-refractivity contribution in [1.29, 1.82) is 0 Å². The van der Waals surface area contributed by atoms with E-state index in [1.54, 1.807) is 0 Å². The molecule has 1 fully saturated rings. The number of carbonyl (C=O) groups is 1. The second-order valence-electron chi connectivity index (χ2n) is 10.8. The van der Waals surface area contributed by atoms with Crippen molar-refractivity contribution in [2.75, 3.05) is 49.6 Å². The van der Waals surface area contributed by atoms with Gasteiger partial charge in [0.1, 0.15) is 5.82 Å². The van der Waals surface area contributed by atoms with Gasteiger partial charge in [0.15, 0.2) is 5.82 Å². The predicted octanol–water partition coefficient (Wildman–Crippen LogP) is 4.30. The molecule has 0 spiro atoms. The normalized spacial score (nSPS) is 18.8. The van der Waals surface area contributed by atoms with E-state index in [4.69, 9.17) is 14.7 Å². The minimum absolute atomic E-state index is 0.204. The lowest BCUT2D eigenvalue weighted by atomic mass is 9.91. The van der Waals surface area contributed by atoms with Gasteiger partial charge in [-0.1, -0.05) is 20.8 Å². The molecule has 2 aliphatic heterocycles. The Hall–Kier alpha value is -2.71. The fraction of sp³-hybridized carbons (Fsp3) is 0.593. The Morgan fingerprint density at radius 2 is 1.94 bits per heavy atom. The monoisotopic (exact) mass is 480 g/mol. The van der Waals surface area contributed by atoms with Crippen molar-refractivity contribution in [1.82, 2.24) is 20.2 Å². The maximum absolute atomic E-state index is 11.9. The summed E-state index contributed by atoms with van der Waals surface area (Å²) in [6.45, 7) is 16.8. The zero-order valence-electron chi connectivity index (χ0n) is 21.9. The van der Waals surface area contributed by atoms with E-state index >= 15 is 0 Å². The number of aromatic nitrogens is 2. The zero-order chi connectivity index (χ0) is 25.0. The average Bonchev–Trinajstić information content (AvgIpc) is 2.82. The number of nitrogens with one attached hydrogen (secondary N) is 2. The summed E-state index contributed by atoms with van der Waals surface area (Å²) >= 11 is 0. The largest absolute Gasteiger partial charge is 0.377 e. The van der Waals surface area contributed by atoms with Gasteiger partial charge in [-0.25, -0.2) is 14.8 Å². The first kappa shape index (κ1) is 25.4. The Bertz CT molecular complexity index is 1020. The first-order valence-corrected chi connectivity index (χ1v) is 12.9. The summed E-state index contributed by atoms with van der Waals surface area (Å²) in [5.74, 6) is 1.79. The highest BCUT2D eigenvalue weighted by Gasteiger charge is 2.29. The molecule has 2 aliphatic rings. The number of carbonyl (C=O) groups excluding carboxylic acids is 1. The van der Waals surface area contributed by atoms with Gasteiger partial charge in [-0.05, 0) is 62.9 Å². The fourth-order valence-electron chi connectivity index (χ4n) is 4.60. The van der Waals surface area contributed by atoms with E-state index in [1.165, 1.54) is 5.56 Å². The van der Waals surface area contributed by atoms with Crippen LogP contribution in [0, 0.1) is 5.41 Å². The van der Waals surface area contributed by atoms with Gasteiger partial charge >= 0.3 is 6.03 Å². The van der Waals surface area contributed by atoms with Crippen molar-refractivity contribution < 1.29 is 9.53 Å². The van der Waals surface area contributed by atoms with E-state index in [2.05, 4.69) is 48.1 Å². The molecule has 8 heteroatoms. The summed E-state index contributed by atoms with van der Waals surface area (Å²) in [6.07, 6.45) is 2.13. The van der Waals surface area contributed by atoms with Crippen LogP contribution in [0.4, 0.5) is 16.3 Å². The second-order valence-corrected chi connectivity index (χ2v) is 10.8. The topological polar surface area (TPSA) is 82.6 Å². The van der Waals surface area contributed by atoms with Crippen LogP contribution < -0.4 is 15.5 Å². The molecule has 0 radical (unpaired) electrons. The summed E-state index contributed by atoms with van der Waals surface area (Å²) in [5, 5.41) is 5.60. The Balaban J connectivity index is 1.63. The number of benzene rings is 1. The Kier molecular flexibility index (Phi) is 7.91. The number of anilines is 2. The number of rotatable bonds is 6. The predicted molar refractivity (Wildman–Crippen MR) is 141 cm³/mol. The number of nitrogens with zero attached hydrogens (tertiary/aromatic N) is 4. The fourth-order valence-corrected chi connectivity index (χ4v) is 4.60. The zero-order valence-corrected chi connectivity index (χ0v) is 21.9.